The fourth-order valence-electron chi connectivity index (χ4n) is 5.74. The van der Waals surface area contributed by atoms with Gasteiger partial charge in [0.25, 0.3) is 0 Å². The standard InChI is InChI=1S/C28H27FN4O2/c1-18-13-32(17-31-18)25-9-4-20(22-7-8-23(22)25)12-26-27-30-11-10-24(19-2-5-21(29)6-3-19)33(27)14-28(35-26)15-34-16-28/h2-6,9,12-13,17,24H,7-8,10-11,14-16H2,1H3/b26-12-. The van der Waals surface area contributed by atoms with Crippen molar-refractivity contribution < 1.29 is 13.9 Å². The Morgan fingerprint density at radius 1 is 1.09 bits per heavy atom. The van der Waals surface area contributed by atoms with E-state index in [2.05, 4.69) is 38.9 Å². The summed E-state index contributed by atoms with van der Waals surface area (Å²) in [4.78, 5) is 11.7. The van der Waals surface area contributed by atoms with Gasteiger partial charge in [0.1, 0.15) is 5.82 Å². The molecule has 7 heteroatoms. The molecular formula is C28H27FN4O2. The van der Waals surface area contributed by atoms with Crippen LogP contribution in [-0.2, 0) is 22.3 Å². The van der Waals surface area contributed by atoms with Crippen molar-refractivity contribution in [3.8, 4) is 5.69 Å². The molecule has 7 rings (SSSR count). The summed E-state index contributed by atoms with van der Waals surface area (Å²) in [5, 5.41) is 0. The van der Waals surface area contributed by atoms with E-state index in [1.54, 1.807) is 12.1 Å². The monoisotopic (exact) mass is 470 g/mol. The molecule has 2 saturated heterocycles. The molecule has 6 nitrogen and oxygen atoms in total. The number of rotatable bonds is 3. The summed E-state index contributed by atoms with van der Waals surface area (Å²) in [5.74, 6) is 1.49. The molecule has 1 spiro atoms. The number of aryl methyl sites for hydroxylation is 1. The van der Waals surface area contributed by atoms with Crippen LogP contribution in [0.5, 0.6) is 0 Å². The molecule has 1 aliphatic carbocycles. The molecule has 0 bridgehead atoms. The van der Waals surface area contributed by atoms with Crippen LogP contribution in [-0.4, -0.2) is 52.2 Å². The molecule has 2 aromatic carbocycles. The third-order valence-electron chi connectivity index (χ3n) is 7.65. The van der Waals surface area contributed by atoms with Crippen LogP contribution in [0.15, 0.2) is 59.7 Å². The van der Waals surface area contributed by atoms with Gasteiger partial charge in [-0.3, -0.25) is 4.99 Å². The molecule has 1 aromatic heterocycles. The number of benzene rings is 2. The van der Waals surface area contributed by atoms with E-state index in [-0.39, 0.29) is 17.5 Å². The van der Waals surface area contributed by atoms with E-state index >= 15 is 0 Å². The predicted octanol–water partition coefficient (Wildman–Crippen LogP) is 4.40. The van der Waals surface area contributed by atoms with E-state index in [0.717, 1.165) is 55.2 Å². The zero-order valence-corrected chi connectivity index (χ0v) is 19.7. The Morgan fingerprint density at radius 2 is 1.91 bits per heavy atom. The zero-order valence-electron chi connectivity index (χ0n) is 19.7. The number of aromatic nitrogens is 2. The molecule has 4 heterocycles. The van der Waals surface area contributed by atoms with Crippen molar-refractivity contribution in [3.63, 3.8) is 0 Å². The van der Waals surface area contributed by atoms with Crippen molar-refractivity contribution in [3.05, 3.63) is 88.4 Å². The summed E-state index contributed by atoms with van der Waals surface area (Å²) < 4.78 is 27.9. The third-order valence-corrected chi connectivity index (χ3v) is 7.65. The molecule has 0 radical (unpaired) electrons. The van der Waals surface area contributed by atoms with Gasteiger partial charge in [-0.1, -0.05) is 18.2 Å². The average Bonchev–Trinajstić information content (AvgIpc) is 3.25. The van der Waals surface area contributed by atoms with E-state index in [1.807, 2.05) is 25.4 Å². The fraction of sp³-hybridized carbons (Fsp3) is 0.357. The van der Waals surface area contributed by atoms with Crippen LogP contribution in [0.3, 0.4) is 0 Å². The summed E-state index contributed by atoms with van der Waals surface area (Å²) in [6.45, 7) is 4.60. The van der Waals surface area contributed by atoms with E-state index < -0.39 is 0 Å². The Bertz CT molecular complexity index is 1370. The first-order valence-electron chi connectivity index (χ1n) is 12.3. The third kappa shape index (κ3) is 3.40. The van der Waals surface area contributed by atoms with E-state index in [1.165, 1.54) is 22.4 Å². The number of amidine groups is 1. The van der Waals surface area contributed by atoms with Gasteiger partial charge in [0.15, 0.2) is 17.2 Å². The van der Waals surface area contributed by atoms with Gasteiger partial charge in [0.05, 0.1) is 37.8 Å². The number of imidazole rings is 1. The second kappa shape index (κ2) is 7.78. The second-order valence-electron chi connectivity index (χ2n) is 10.0. The van der Waals surface area contributed by atoms with Crippen LogP contribution in [0.4, 0.5) is 4.39 Å². The molecule has 1 unspecified atom stereocenters. The number of halogens is 1. The molecule has 1 atom stereocenters. The number of hydrogen-bond donors (Lipinski definition) is 0. The molecule has 0 saturated carbocycles. The van der Waals surface area contributed by atoms with Crippen molar-refractivity contribution >= 4 is 11.9 Å². The Morgan fingerprint density at radius 3 is 2.60 bits per heavy atom. The molecule has 0 N–H and O–H groups in total. The van der Waals surface area contributed by atoms with E-state index in [9.17, 15) is 4.39 Å². The number of ether oxygens (including phenoxy) is 2. The Kier molecular flexibility index (Phi) is 4.64. The maximum Gasteiger partial charge on any atom is 0.173 e. The number of nitrogens with zero attached hydrogens (tertiary/aromatic N) is 4. The van der Waals surface area contributed by atoms with Crippen LogP contribution in [0.25, 0.3) is 11.8 Å². The molecule has 0 amide bonds. The SMILES string of the molecule is Cc1cn(-c2ccc(/C=C3\OC4(COC4)CN4C3=NCCC4c3ccc(F)cc3)c3c2CC3)cn1. The van der Waals surface area contributed by atoms with Crippen molar-refractivity contribution in [1.82, 2.24) is 14.5 Å². The van der Waals surface area contributed by atoms with Crippen LogP contribution in [0, 0.1) is 12.7 Å². The molecule has 178 valence electrons. The maximum absolute atomic E-state index is 13.6. The number of morpholine rings is 1. The highest BCUT2D eigenvalue weighted by Gasteiger charge is 2.50. The first kappa shape index (κ1) is 20.9. The van der Waals surface area contributed by atoms with Crippen molar-refractivity contribution in [2.45, 2.75) is 37.8 Å². The molecular weight excluding hydrogens is 443 g/mol. The van der Waals surface area contributed by atoms with Crippen molar-refractivity contribution in [1.29, 1.82) is 0 Å². The van der Waals surface area contributed by atoms with Gasteiger partial charge in [-0.2, -0.15) is 0 Å². The normalized spacial score (nSPS) is 23.1. The van der Waals surface area contributed by atoms with Crippen molar-refractivity contribution in [2.24, 2.45) is 4.99 Å². The highest BCUT2D eigenvalue weighted by Crippen LogP contribution is 2.41. The smallest absolute Gasteiger partial charge is 0.173 e. The van der Waals surface area contributed by atoms with Crippen LogP contribution < -0.4 is 0 Å². The summed E-state index contributed by atoms with van der Waals surface area (Å²) in [7, 11) is 0. The highest BCUT2D eigenvalue weighted by molar-refractivity contribution is 6.02. The minimum absolute atomic E-state index is 0.141. The van der Waals surface area contributed by atoms with Crippen molar-refractivity contribution in [2.75, 3.05) is 26.3 Å². The Balaban J connectivity index is 1.27. The maximum atomic E-state index is 13.6. The number of hydrogen-bond acceptors (Lipinski definition) is 5. The quantitative estimate of drug-likeness (QED) is 0.569. The first-order chi connectivity index (χ1) is 17.1. The van der Waals surface area contributed by atoms with Crippen LogP contribution in [0.1, 0.15) is 40.4 Å². The van der Waals surface area contributed by atoms with Gasteiger partial charge in [-0.05, 0) is 72.7 Å². The van der Waals surface area contributed by atoms with Gasteiger partial charge in [-0.15, -0.1) is 0 Å². The lowest BCUT2D eigenvalue weighted by atomic mass is 9.83. The topological polar surface area (TPSA) is 51.9 Å². The lowest BCUT2D eigenvalue weighted by Gasteiger charge is -2.52. The van der Waals surface area contributed by atoms with Gasteiger partial charge < -0.3 is 18.9 Å². The molecule has 4 aliphatic rings. The fourth-order valence-corrected chi connectivity index (χ4v) is 5.74. The summed E-state index contributed by atoms with van der Waals surface area (Å²) in [6.07, 6.45) is 9.14. The largest absolute Gasteiger partial charge is 0.477 e. The zero-order chi connectivity index (χ0) is 23.6. The van der Waals surface area contributed by atoms with Gasteiger partial charge in [0.2, 0.25) is 0 Å². The van der Waals surface area contributed by atoms with Gasteiger partial charge in [0, 0.05) is 18.4 Å². The lowest BCUT2D eigenvalue weighted by Crippen LogP contribution is -2.64. The summed E-state index contributed by atoms with van der Waals surface area (Å²) >= 11 is 0. The van der Waals surface area contributed by atoms with Gasteiger partial charge in [-0.25, -0.2) is 9.37 Å². The molecule has 3 aromatic rings. The average molecular weight is 471 g/mol. The van der Waals surface area contributed by atoms with E-state index in [0.29, 0.717) is 13.2 Å². The molecule has 2 fully saturated rings. The molecule has 35 heavy (non-hydrogen) atoms. The number of aliphatic imine (C=N–C) groups is 1. The summed E-state index contributed by atoms with van der Waals surface area (Å²) in [5.41, 5.74) is 6.90. The number of fused-ring (bicyclic) bond motifs is 2. The second-order valence-corrected chi connectivity index (χ2v) is 10.0. The Hall–Kier alpha value is -3.45. The predicted molar refractivity (Wildman–Crippen MR) is 131 cm³/mol. The Labute approximate surface area is 203 Å². The van der Waals surface area contributed by atoms with E-state index in [4.69, 9.17) is 14.5 Å². The van der Waals surface area contributed by atoms with Gasteiger partial charge >= 0.3 is 0 Å². The van der Waals surface area contributed by atoms with Crippen LogP contribution in [0.2, 0.25) is 0 Å². The van der Waals surface area contributed by atoms with Crippen LogP contribution >= 0.6 is 0 Å². The molecule has 3 aliphatic heterocycles. The highest BCUT2D eigenvalue weighted by atomic mass is 19.1. The first-order valence-corrected chi connectivity index (χ1v) is 12.3. The summed E-state index contributed by atoms with van der Waals surface area (Å²) in [6, 6.07) is 11.4. The lowest BCUT2D eigenvalue weighted by molar-refractivity contribution is -0.201. The minimum Gasteiger partial charge on any atom is -0.477 e. The minimum atomic E-state index is -0.359.